The summed E-state index contributed by atoms with van der Waals surface area (Å²) in [5.74, 6) is 0.380. The van der Waals surface area contributed by atoms with Gasteiger partial charge in [0.25, 0.3) is 0 Å². The molecule has 0 amide bonds. The van der Waals surface area contributed by atoms with Crippen LogP contribution in [0, 0.1) is 0 Å². The Bertz CT molecular complexity index is 567. The average molecular weight is 288 g/mol. The van der Waals surface area contributed by atoms with Crippen LogP contribution < -0.4 is 0 Å². The lowest BCUT2D eigenvalue weighted by atomic mass is 10.1. The second-order valence-electron chi connectivity index (χ2n) is 4.82. The van der Waals surface area contributed by atoms with E-state index in [-0.39, 0.29) is 11.5 Å². The van der Waals surface area contributed by atoms with Crippen molar-refractivity contribution in [3.63, 3.8) is 0 Å². The van der Waals surface area contributed by atoms with Crippen molar-refractivity contribution in [2.24, 2.45) is 0 Å². The van der Waals surface area contributed by atoms with Crippen molar-refractivity contribution >= 4 is 11.8 Å². The molecule has 0 radical (unpaired) electrons. The molecule has 0 atom stereocenters. The first-order valence-corrected chi connectivity index (χ1v) is 7.80. The molecule has 0 fully saturated rings. The number of hydrogen-bond acceptors (Lipinski definition) is 3. The van der Waals surface area contributed by atoms with Gasteiger partial charge in [0.1, 0.15) is 11.5 Å². The van der Waals surface area contributed by atoms with Crippen LogP contribution in [0.15, 0.2) is 52.3 Å². The van der Waals surface area contributed by atoms with Crippen LogP contribution in [0.4, 0.5) is 0 Å². The van der Waals surface area contributed by atoms with Crippen LogP contribution in [0.2, 0.25) is 0 Å². The highest BCUT2D eigenvalue weighted by molar-refractivity contribution is 7.99. The van der Waals surface area contributed by atoms with Crippen molar-refractivity contribution in [2.75, 3.05) is 0 Å². The highest BCUT2D eigenvalue weighted by atomic mass is 32.2. The maximum absolute atomic E-state index is 9.87. The summed E-state index contributed by atoms with van der Waals surface area (Å²) in [5.41, 5.74) is 1.30. The molecule has 2 rings (SSSR count). The third-order valence-corrected chi connectivity index (χ3v) is 4.35. The van der Waals surface area contributed by atoms with Gasteiger partial charge in [-0.05, 0) is 42.7 Å². The van der Waals surface area contributed by atoms with Crippen molar-refractivity contribution in [1.29, 1.82) is 0 Å². The van der Waals surface area contributed by atoms with Crippen LogP contribution in [-0.4, -0.2) is 10.2 Å². The van der Waals surface area contributed by atoms with Gasteiger partial charge in [0.2, 0.25) is 0 Å². The molecule has 0 spiro atoms. The Kier molecular flexibility index (Phi) is 5.36. The summed E-state index contributed by atoms with van der Waals surface area (Å²) in [4.78, 5) is 1.83. The number of rotatable bonds is 6. The molecule has 0 unspecified atom stereocenters. The molecule has 0 aliphatic heterocycles. The number of benzene rings is 2. The third kappa shape index (κ3) is 3.94. The Balaban J connectivity index is 2.18. The molecular formula is C17H20O2S. The Labute approximate surface area is 124 Å². The minimum absolute atomic E-state index is 0.175. The van der Waals surface area contributed by atoms with Crippen molar-refractivity contribution in [1.82, 2.24) is 0 Å². The maximum Gasteiger partial charge on any atom is 0.129 e. The minimum Gasteiger partial charge on any atom is -0.508 e. The standard InChI is InChI=1S/C17H20O2S/c1-2-3-4-7-13-8-5-6-9-16(13)20-17-12-14(18)10-11-15(17)19/h5-6,8-12,18-19H,2-4,7H2,1H3. The third-order valence-electron chi connectivity index (χ3n) is 3.19. The normalized spacial score (nSPS) is 10.7. The Hall–Kier alpha value is -1.61. The zero-order valence-electron chi connectivity index (χ0n) is 11.7. The van der Waals surface area contributed by atoms with Gasteiger partial charge >= 0.3 is 0 Å². The van der Waals surface area contributed by atoms with Crippen molar-refractivity contribution in [2.45, 2.75) is 42.4 Å². The van der Waals surface area contributed by atoms with Gasteiger partial charge in [0.05, 0.1) is 4.90 Å². The largest absolute Gasteiger partial charge is 0.508 e. The van der Waals surface area contributed by atoms with E-state index in [1.807, 2.05) is 12.1 Å². The predicted octanol–water partition coefficient (Wildman–Crippen LogP) is 4.98. The first kappa shape index (κ1) is 14.8. The Morgan fingerprint density at radius 3 is 2.55 bits per heavy atom. The van der Waals surface area contributed by atoms with E-state index in [2.05, 4.69) is 19.1 Å². The summed E-state index contributed by atoms with van der Waals surface area (Å²) in [6, 6.07) is 12.9. The molecule has 2 aromatic carbocycles. The summed E-state index contributed by atoms with van der Waals surface area (Å²) in [6.07, 6.45) is 4.68. The summed E-state index contributed by atoms with van der Waals surface area (Å²) in [6.45, 7) is 2.20. The molecule has 0 heterocycles. The van der Waals surface area contributed by atoms with Crippen LogP contribution >= 0.6 is 11.8 Å². The van der Waals surface area contributed by atoms with Crippen molar-refractivity contribution in [3.8, 4) is 11.5 Å². The molecule has 0 saturated carbocycles. The van der Waals surface area contributed by atoms with Gasteiger partial charge in [0.15, 0.2) is 0 Å². The Morgan fingerprint density at radius 2 is 1.75 bits per heavy atom. The second kappa shape index (κ2) is 7.25. The monoisotopic (exact) mass is 288 g/mol. The topological polar surface area (TPSA) is 40.5 Å². The van der Waals surface area contributed by atoms with Crippen LogP contribution in [0.3, 0.4) is 0 Å². The molecule has 2 nitrogen and oxygen atoms in total. The summed E-state index contributed by atoms with van der Waals surface area (Å²) in [5, 5.41) is 19.4. The lowest BCUT2D eigenvalue weighted by Gasteiger charge is -2.10. The molecule has 3 heteroatoms. The quantitative estimate of drug-likeness (QED) is 0.581. The summed E-state index contributed by atoms with van der Waals surface area (Å²) in [7, 11) is 0. The van der Waals surface area contributed by atoms with E-state index < -0.39 is 0 Å². The lowest BCUT2D eigenvalue weighted by molar-refractivity contribution is 0.448. The first-order valence-electron chi connectivity index (χ1n) is 6.98. The predicted molar refractivity (Wildman–Crippen MR) is 83.6 cm³/mol. The molecule has 0 aromatic heterocycles. The minimum atomic E-state index is 0.175. The fourth-order valence-corrected chi connectivity index (χ4v) is 3.12. The zero-order valence-corrected chi connectivity index (χ0v) is 12.5. The SMILES string of the molecule is CCCCCc1ccccc1Sc1cc(O)ccc1O. The van der Waals surface area contributed by atoms with Crippen molar-refractivity contribution < 1.29 is 10.2 Å². The van der Waals surface area contributed by atoms with Gasteiger partial charge in [-0.1, -0.05) is 49.7 Å². The van der Waals surface area contributed by atoms with E-state index in [0.717, 1.165) is 11.3 Å². The summed E-state index contributed by atoms with van der Waals surface area (Å²) < 4.78 is 0. The van der Waals surface area contributed by atoms with E-state index in [1.54, 1.807) is 6.07 Å². The number of unbranched alkanes of at least 4 members (excludes halogenated alkanes) is 2. The van der Waals surface area contributed by atoms with Gasteiger partial charge in [-0.2, -0.15) is 0 Å². The smallest absolute Gasteiger partial charge is 0.129 e. The fourth-order valence-electron chi connectivity index (χ4n) is 2.08. The number of phenols is 2. The first-order chi connectivity index (χ1) is 9.70. The van der Waals surface area contributed by atoms with E-state index in [4.69, 9.17) is 0 Å². The van der Waals surface area contributed by atoms with E-state index >= 15 is 0 Å². The molecule has 0 bridgehead atoms. The van der Waals surface area contributed by atoms with E-state index in [1.165, 1.54) is 48.7 Å². The number of phenolic OH excluding ortho intramolecular Hbond substituents is 2. The van der Waals surface area contributed by atoms with Crippen LogP contribution in [-0.2, 0) is 6.42 Å². The zero-order chi connectivity index (χ0) is 14.4. The van der Waals surface area contributed by atoms with Crippen molar-refractivity contribution in [3.05, 3.63) is 48.0 Å². The van der Waals surface area contributed by atoms with Gasteiger partial charge in [-0.3, -0.25) is 0 Å². The van der Waals surface area contributed by atoms with E-state index in [9.17, 15) is 10.2 Å². The van der Waals surface area contributed by atoms with Crippen LogP contribution in [0.1, 0.15) is 31.7 Å². The van der Waals surface area contributed by atoms with Gasteiger partial charge in [-0.15, -0.1) is 0 Å². The highest BCUT2D eigenvalue weighted by Crippen LogP contribution is 2.38. The number of aromatic hydroxyl groups is 2. The summed E-state index contributed by atoms with van der Waals surface area (Å²) >= 11 is 1.50. The highest BCUT2D eigenvalue weighted by Gasteiger charge is 2.08. The van der Waals surface area contributed by atoms with E-state index in [0.29, 0.717) is 4.90 Å². The number of hydrogen-bond donors (Lipinski definition) is 2. The van der Waals surface area contributed by atoms with Crippen LogP contribution in [0.5, 0.6) is 11.5 Å². The van der Waals surface area contributed by atoms with Gasteiger partial charge in [0, 0.05) is 4.90 Å². The fraction of sp³-hybridized carbons (Fsp3) is 0.294. The van der Waals surface area contributed by atoms with Crippen LogP contribution in [0.25, 0.3) is 0 Å². The van der Waals surface area contributed by atoms with Gasteiger partial charge in [-0.25, -0.2) is 0 Å². The van der Waals surface area contributed by atoms with Gasteiger partial charge < -0.3 is 10.2 Å². The molecule has 2 aromatic rings. The molecule has 0 aliphatic carbocycles. The molecular weight excluding hydrogens is 268 g/mol. The lowest BCUT2D eigenvalue weighted by Crippen LogP contribution is -1.89. The molecule has 0 aliphatic rings. The molecule has 106 valence electrons. The Morgan fingerprint density at radius 1 is 0.950 bits per heavy atom. The average Bonchev–Trinajstić information content (AvgIpc) is 2.45. The number of aryl methyl sites for hydroxylation is 1. The maximum atomic E-state index is 9.87. The molecule has 0 saturated heterocycles. The molecule has 2 N–H and O–H groups in total. The second-order valence-corrected chi connectivity index (χ2v) is 5.90. The molecule has 20 heavy (non-hydrogen) atoms.